The highest BCUT2D eigenvalue weighted by molar-refractivity contribution is 5.83. The second kappa shape index (κ2) is 4.59. The second-order valence-electron chi connectivity index (χ2n) is 5.06. The Kier molecular flexibility index (Phi) is 2.89. The summed E-state index contributed by atoms with van der Waals surface area (Å²) >= 11 is 0. The van der Waals surface area contributed by atoms with E-state index in [-0.39, 0.29) is 0 Å². The molecule has 7 heteroatoms. The van der Waals surface area contributed by atoms with Crippen LogP contribution in [0.15, 0.2) is 30.3 Å². The van der Waals surface area contributed by atoms with Crippen LogP contribution in [0.25, 0.3) is 5.69 Å². The van der Waals surface area contributed by atoms with Crippen molar-refractivity contribution in [1.82, 2.24) is 20.2 Å². The molecule has 7 nitrogen and oxygen atoms in total. The van der Waals surface area contributed by atoms with Gasteiger partial charge in [-0.3, -0.25) is 0 Å². The molecular formula is C13H15N5O2. The van der Waals surface area contributed by atoms with Crippen LogP contribution in [-0.4, -0.2) is 43.4 Å². The summed E-state index contributed by atoms with van der Waals surface area (Å²) in [5.41, 5.74) is -0.145. The van der Waals surface area contributed by atoms with Gasteiger partial charge in [-0.25, -0.2) is 4.79 Å². The molecule has 1 fully saturated rings. The van der Waals surface area contributed by atoms with E-state index >= 15 is 0 Å². The molecule has 0 aliphatic carbocycles. The van der Waals surface area contributed by atoms with Crippen LogP contribution in [0.3, 0.4) is 0 Å². The molecule has 1 unspecified atom stereocenters. The molecule has 3 rings (SSSR count). The third kappa shape index (κ3) is 1.82. The number of hydrogen-bond donors (Lipinski definition) is 1. The van der Waals surface area contributed by atoms with Crippen LogP contribution in [-0.2, 0) is 4.79 Å². The molecule has 1 atom stereocenters. The predicted molar refractivity (Wildman–Crippen MR) is 71.8 cm³/mol. The number of carboxylic acid groups (broad SMARTS) is 1. The van der Waals surface area contributed by atoms with Gasteiger partial charge in [0, 0.05) is 6.54 Å². The first kappa shape index (κ1) is 12.6. The van der Waals surface area contributed by atoms with Gasteiger partial charge in [-0.05, 0) is 42.3 Å². The second-order valence-corrected chi connectivity index (χ2v) is 5.06. The van der Waals surface area contributed by atoms with E-state index in [1.54, 1.807) is 16.5 Å². The molecule has 1 saturated heterocycles. The SMILES string of the molecule is CC1(C(=O)O)CCCN1c1nnnn1-c1ccccc1. The first-order valence-electron chi connectivity index (χ1n) is 6.48. The minimum Gasteiger partial charge on any atom is -0.480 e. The van der Waals surface area contributed by atoms with Gasteiger partial charge in [-0.15, -0.1) is 0 Å². The lowest BCUT2D eigenvalue weighted by Crippen LogP contribution is -2.49. The minimum atomic E-state index is -0.957. The molecule has 0 radical (unpaired) electrons. The Balaban J connectivity index is 2.04. The molecular weight excluding hydrogens is 258 g/mol. The summed E-state index contributed by atoms with van der Waals surface area (Å²) in [5.74, 6) is -0.379. The van der Waals surface area contributed by atoms with Crippen LogP contribution in [0, 0.1) is 0 Å². The van der Waals surface area contributed by atoms with Crippen molar-refractivity contribution in [3.05, 3.63) is 30.3 Å². The van der Waals surface area contributed by atoms with Crippen LogP contribution in [0.5, 0.6) is 0 Å². The van der Waals surface area contributed by atoms with Gasteiger partial charge in [-0.1, -0.05) is 23.3 Å². The Labute approximate surface area is 115 Å². The van der Waals surface area contributed by atoms with Gasteiger partial charge in [0.05, 0.1) is 5.69 Å². The maximum atomic E-state index is 11.6. The number of benzene rings is 1. The number of hydrogen-bond acceptors (Lipinski definition) is 5. The number of anilines is 1. The predicted octanol–water partition coefficient (Wildman–Crippen LogP) is 1.11. The third-order valence-corrected chi connectivity index (χ3v) is 3.80. The van der Waals surface area contributed by atoms with Crippen molar-refractivity contribution in [2.24, 2.45) is 0 Å². The molecule has 0 spiro atoms. The van der Waals surface area contributed by atoms with Crippen molar-refractivity contribution in [2.45, 2.75) is 25.3 Å². The highest BCUT2D eigenvalue weighted by Crippen LogP contribution is 2.33. The first-order valence-corrected chi connectivity index (χ1v) is 6.48. The van der Waals surface area contributed by atoms with Crippen molar-refractivity contribution >= 4 is 11.9 Å². The van der Waals surface area contributed by atoms with Gasteiger partial charge < -0.3 is 10.0 Å². The number of nitrogens with zero attached hydrogens (tertiary/aromatic N) is 5. The van der Waals surface area contributed by atoms with Crippen molar-refractivity contribution in [3.63, 3.8) is 0 Å². The van der Waals surface area contributed by atoms with Crippen LogP contribution < -0.4 is 4.90 Å². The molecule has 1 N–H and O–H groups in total. The fourth-order valence-electron chi connectivity index (χ4n) is 2.59. The van der Waals surface area contributed by atoms with Crippen LogP contribution in [0.2, 0.25) is 0 Å². The van der Waals surface area contributed by atoms with Gasteiger partial charge in [0.2, 0.25) is 0 Å². The number of aromatic nitrogens is 4. The molecule has 1 aromatic heterocycles. The number of carboxylic acids is 1. The van der Waals surface area contributed by atoms with Gasteiger partial charge in [0.25, 0.3) is 5.95 Å². The molecule has 104 valence electrons. The lowest BCUT2D eigenvalue weighted by atomic mass is 10.00. The maximum Gasteiger partial charge on any atom is 0.329 e. The lowest BCUT2D eigenvalue weighted by molar-refractivity contribution is -0.142. The van der Waals surface area contributed by atoms with Crippen LogP contribution >= 0.6 is 0 Å². The van der Waals surface area contributed by atoms with Gasteiger partial charge >= 0.3 is 5.97 Å². The normalized spacial score (nSPS) is 22.1. The lowest BCUT2D eigenvalue weighted by Gasteiger charge is -2.31. The quantitative estimate of drug-likeness (QED) is 0.901. The monoisotopic (exact) mass is 273 g/mol. The summed E-state index contributed by atoms with van der Waals surface area (Å²) in [4.78, 5) is 13.3. The number of tetrazole rings is 1. The highest BCUT2D eigenvalue weighted by atomic mass is 16.4. The summed E-state index contributed by atoms with van der Waals surface area (Å²) in [7, 11) is 0. The van der Waals surface area contributed by atoms with E-state index in [1.165, 1.54) is 0 Å². The molecule has 0 bridgehead atoms. The Bertz CT molecular complexity index is 627. The highest BCUT2D eigenvalue weighted by Gasteiger charge is 2.45. The smallest absolute Gasteiger partial charge is 0.329 e. The van der Waals surface area contributed by atoms with Crippen molar-refractivity contribution in [3.8, 4) is 5.69 Å². The van der Waals surface area contributed by atoms with Crippen LogP contribution in [0.4, 0.5) is 5.95 Å². The Morgan fingerprint density at radius 1 is 1.35 bits per heavy atom. The Morgan fingerprint density at radius 2 is 2.10 bits per heavy atom. The third-order valence-electron chi connectivity index (χ3n) is 3.80. The van der Waals surface area contributed by atoms with E-state index in [9.17, 15) is 9.90 Å². The molecule has 1 aliphatic heterocycles. The van der Waals surface area contributed by atoms with Gasteiger partial charge in [0.15, 0.2) is 0 Å². The summed E-state index contributed by atoms with van der Waals surface area (Å²) in [6.07, 6.45) is 1.40. The van der Waals surface area contributed by atoms with E-state index in [0.29, 0.717) is 18.9 Å². The molecule has 0 saturated carbocycles. The number of rotatable bonds is 3. The van der Waals surface area contributed by atoms with Crippen molar-refractivity contribution in [1.29, 1.82) is 0 Å². The largest absolute Gasteiger partial charge is 0.480 e. The fraction of sp³-hybridized carbons (Fsp3) is 0.385. The van der Waals surface area contributed by atoms with E-state index in [4.69, 9.17) is 0 Å². The van der Waals surface area contributed by atoms with E-state index in [2.05, 4.69) is 15.5 Å². The maximum absolute atomic E-state index is 11.6. The standard InChI is InChI=1S/C13H15N5O2/c1-13(11(19)20)8-5-9-17(13)12-14-15-16-18(12)10-6-3-2-4-7-10/h2-4,6-7H,5,8-9H2,1H3,(H,19,20). The summed E-state index contributed by atoms with van der Waals surface area (Å²) in [5, 5.41) is 21.2. The molecule has 2 heterocycles. The molecule has 0 amide bonds. The average Bonchev–Trinajstić information content (AvgIpc) is 3.06. The van der Waals surface area contributed by atoms with Crippen molar-refractivity contribution < 1.29 is 9.90 Å². The van der Waals surface area contributed by atoms with E-state index in [1.807, 2.05) is 30.3 Å². The number of para-hydroxylation sites is 1. The molecule has 1 aliphatic rings. The van der Waals surface area contributed by atoms with Gasteiger partial charge in [-0.2, -0.15) is 4.68 Å². The summed E-state index contributed by atoms with van der Waals surface area (Å²) in [6.45, 7) is 2.35. The molecule has 1 aromatic carbocycles. The van der Waals surface area contributed by atoms with Gasteiger partial charge in [0.1, 0.15) is 5.54 Å². The zero-order chi connectivity index (χ0) is 14.2. The van der Waals surface area contributed by atoms with Crippen molar-refractivity contribution in [2.75, 3.05) is 11.4 Å². The van der Waals surface area contributed by atoms with E-state index in [0.717, 1.165) is 12.1 Å². The Hall–Kier alpha value is -2.44. The average molecular weight is 273 g/mol. The minimum absolute atomic E-state index is 0.471. The number of carbonyl (C=O) groups is 1. The summed E-state index contributed by atoms with van der Waals surface area (Å²) in [6, 6.07) is 9.45. The zero-order valence-electron chi connectivity index (χ0n) is 11.1. The summed E-state index contributed by atoms with van der Waals surface area (Å²) < 4.78 is 1.58. The Morgan fingerprint density at radius 3 is 2.80 bits per heavy atom. The fourth-order valence-corrected chi connectivity index (χ4v) is 2.59. The zero-order valence-corrected chi connectivity index (χ0v) is 11.1. The van der Waals surface area contributed by atoms with E-state index < -0.39 is 11.5 Å². The number of aliphatic carboxylic acids is 1. The first-order chi connectivity index (χ1) is 9.63. The van der Waals surface area contributed by atoms with Crippen LogP contribution in [0.1, 0.15) is 19.8 Å². The molecule has 2 aromatic rings. The topological polar surface area (TPSA) is 84.1 Å². The molecule has 20 heavy (non-hydrogen) atoms.